The molecule has 0 radical (unpaired) electrons. The molecule has 0 aromatic carbocycles. The number of hydrogen-bond acceptors (Lipinski definition) is 4. The van der Waals surface area contributed by atoms with E-state index < -0.39 is 10.0 Å². The van der Waals surface area contributed by atoms with Crippen LogP contribution in [0.1, 0.15) is 36.4 Å². The molecule has 0 bridgehead atoms. The van der Waals surface area contributed by atoms with Crippen LogP contribution >= 0.6 is 11.3 Å². The van der Waals surface area contributed by atoms with E-state index in [1.807, 2.05) is 11.3 Å². The van der Waals surface area contributed by atoms with Gasteiger partial charge in [-0.2, -0.15) is 0 Å². The summed E-state index contributed by atoms with van der Waals surface area (Å²) in [7, 11) is -3.06. The number of thiophene rings is 1. The molecule has 1 aliphatic heterocycles. The molecule has 6 nitrogen and oxygen atoms in total. The van der Waals surface area contributed by atoms with E-state index >= 15 is 0 Å². The molecule has 26 heavy (non-hydrogen) atoms. The van der Waals surface area contributed by atoms with Crippen LogP contribution in [-0.2, 0) is 16.4 Å². The number of aliphatic imine (C=N–C) groups is 1. The average molecular weight is 401 g/mol. The zero-order valence-corrected chi connectivity index (χ0v) is 17.9. The Balaban J connectivity index is 1.84. The minimum Gasteiger partial charge on any atom is -0.357 e. The minimum atomic E-state index is -3.06. The molecule has 1 aromatic rings. The third kappa shape index (κ3) is 6.89. The first-order chi connectivity index (χ1) is 12.3. The van der Waals surface area contributed by atoms with Gasteiger partial charge >= 0.3 is 0 Å². The summed E-state index contributed by atoms with van der Waals surface area (Å²) >= 11 is 1.84. The molecular formula is C18H32N4O2S2. The first-order valence-electron chi connectivity index (χ1n) is 9.33. The molecule has 0 saturated carbocycles. The molecule has 1 aromatic heterocycles. The van der Waals surface area contributed by atoms with E-state index in [1.165, 1.54) is 16.0 Å². The van der Waals surface area contributed by atoms with Crippen molar-refractivity contribution in [3.8, 4) is 0 Å². The minimum absolute atomic E-state index is 0.304. The van der Waals surface area contributed by atoms with Gasteiger partial charge in [-0.3, -0.25) is 4.99 Å². The van der Waals surface area contributed by atoms with E-state index in [2.05, 4.69) is 43.5 Å². The van der Waals surface area contributed by atoms with E-state index in [0.29, 0.717) is 25.0 Å². The van der Waals surface area contributed by atoms with Crippen molar-refractivity contribution in [2.75, 3.05) is 32.4 Å². The summed E-state index contributed by atoms with van der Waals surface area (Å²) in [5, 5.41) is 6.80. The Bertz CT molecular complexity index is 692. The Kier molecular flexibility index (Phi) is 7.91. The fourth-order valence-electron chi connectivity index (χ4n) is 3.14. The highest BCUT2D eigenvalue weighted by atomic mass is 32.2. The molecule has 1 unspecified atom stereocenters. The third-order valence-corrected chi connectivity index (χ3v) is 6.91. The van der Waals surface area contributed by atoms with Crippen molar-refractivity contribution in [2.24, 2.45) is 10.9 Å². The molecule has 1 aliphatic rings. The predicted octanol–water partition coefficient (Wildman–Crippen LogP) is 2.21. The van der Waals surface area contributed by atoms with Gasteiger partial charge in [0.25, 0.3) is 0 Å². The van der Waals surface area contributed by atoms with Crippen molar-refractivity contribution in [3.05, 3.63) is 21.9 Å². The largest absolute Gasteiger partial charge is 0.357 e. The molecule has 148 valence electrons. The first kappa shape index (κ1) is 21.2. The van der Waals surface area contributed by atoms with E-state index in [9.17, 15) is 8.42 Å². The van der Waals surface area contributed by atoms with E-state index in [1.54, 1.807) is 4.31 Å². The maximum absolute atomic E-state index is 11.6. The maximum atomic E-state index is 11.6. The molecule has 1 saturated heterocycles. The third-order valence-electron chi connectivity index (χ3n) is 4.58. The second-order valence-corrected chi connectivity index (χ2v) is 10.4. The van der Waals surface area contributed by atoms with Crippen molar-refractivity contribution in [3.63, 3.8) is 0 Å². The molecular weight excluding hydrogens is 368 g/mol. The summed E-state index contributed by atoms with van der Waals surface area (Å²) in [6.45, 7) is 9.14. The SMILES string of the molecule is CCNC(=NCC1CCN(S(C)(=O)=O)CC1)NC(C)Cc1ccc(C)s1. The smallest absolute Gasteiger partial charge is 0.211 e. The quantitative estimate of drug-likeness (QED) is 0.544. The van der Waals surface area contributed by atoms with E-state index in [4.69, 9.17) is 4.99 Å². The molecule has 2 heterocycles. The van der Waals surface area contributed by atoms with Gasteiger partial charge in [-0.25, -0.2) is 12.7 Å². The zero-order chi connectivity index (χ0) is 19.2. The van der Waals surface area contributed by atoms with Crippen LogP contribution in [0.4, 0.5) is 0 Å². The summed E-state index contributed by atoms with van der Waals surface area (Å²) in [5.74, 6) is 1.29. The highest BCUT2D eigenvalue weighted by Crippen LogP contribution is 2.19. The van der Waals surface area contributed by atoms with Crippen LogP contribution in [0.5, 0.6) is 0 Å². The number of nitrogens with zero attached hydrogens (tertiary/aromatic N) is 2. The standard InChI is InChI=1S/C18H32N4O2S2/c1-5-19-18(21-14(2)12-17-7-6-15(3)25-17)20-13-16-8-10-22(11-9-16)26(4,23)24/h6-7,14,16H,5,8-13H2,1-4H3,(H2,19,20,21). The second-order valence-electron chi connectivity index (χ2n) is 7.09. The van der Waals surface area contributed by atoms with Crippen molar-refractivity contribution < 1.29 is 8.42 Å². The fraction of sp³-hybridized carbons (Fsp3) is 0.722. The van der Waals surface area contributed by atoms with Crippen LogP contribution in [0.25, 0.3) is 0 Å². The lowest BCUT2D eigenvalue weighted by Gasteiger charge is -2.29. The van der Waals surface area contributed by atoms with Crippen LogP contribution in [-0.4, -0.2) is 57.2 Å². The number of aryl methyl sites for hydroxylation is 1. The number of piperidine rings is 1. The zero-order valence-electron chi connectivity index (χ0n) is 16.3. The van der Waals surface area contributed by atoms with Crippen molar-refractivity contribution in [1.29, 1.82) is 0 Å². The lowest BCUT2D eigenvalue weighted by Crippen LogP contribution is -2.43. The van der Waals surface area contributed by atoms with Crippen LogP contribution in [0, 0.1) is 12.8 Å². The van der Waals surface area contributed by atoms with Crippen LogP contribution in [0.2, 0.25) is 0 Å². The van der Waals surface area contributed by atoms with E-state index in [-0.39, 0.29) is 0 Å². The number of sulfonamides is 1. The van der Waals surface area contributed by atoms with Gasteiger partial charge < -0.3 is 10.6 Å². The van der Waals surface area contributed by atoms with Gasteiger partial charge in [0.1, 0.15) is 0 Å². The molecule has 0 amide bonds. The predicted molar refractivity (Wildman–Crippen MR) is 110 cm³/mol. The fourth-order valence-corrected chi connectivity index (χ4v) is 5.04. The summed E-state index contributed by atoms with van der Waals surface area (Å²) in [4.78, 5) is 7.46. The average Bonchev–Trinajstić information content (AvgIpc) is 2.97. The lowest BCUT2D eigenvalue weighted by molar-refractivity contribution is 0.280. The topological polar surface area (TPSA) is 73.8 Å². The van der Waals surface area contributed by atoms with Gasteiger partial charge in [0, 0.05) is 48.4 Å². The number of nitrogens with one attached hydrogen (secondary N) is 2. The maximum Gasteiger partial charge on any atom is 0.211 e. The molecule has 1 atom stereocenters. The second kappa shape index (κ2) is 9.71. The molecule has 1 fully saturated rings. The van der Waals surface area contributed by atoms with Crippen molar-refractivity contribution in [1.82, 2.24) is 14.9 Å². The number of hydrogen-bond donors (Lipinski definition) is 2. The van der Waals surface area contributed by atoms with Crippen LogP contribution in [0.3, 0.4) is 0 Å². The van der Waals surface area contributed by atoms with Gasteiger partial charge in [-0.1, -0.05) is 0 Å². The normalized spacial score (nSPS) is 18.7. The Labute approximate surface area is 162 Å². The summed E-state index contributed by atoms with van der Waals surface area (Å²) in [5.41, 5.74) is 0. The van der Waals surface area contributed by atoms with Crippen molar-refractivity contribution >= 4 is 27.3 Å². The number of guanidine groups is 1. The highest BCUT2D eigenvalue weighted by molar-refractivity contribution is 7.88. The van der Waals surface area contributed by atoms with E-state index in [0.717, 1.165) is 38.3 Å². The monoisotopic (exact) mass is 400 g/mol. The molecule has 0 aliphatic carbocycles. The van der Waals surface area contributed by atoms with Gasteiger partial charge in [-0.15, -0.1) is 11.3 Å². The van der Waals surface area contributed by atoms with Gasteiger partial charge in [-0.05, 0) is 51.7 Å². The summed E-state index contributed by atoms with van der Waals surface area (Å²) in [6, 6.07) is 4.66. The molecule has 2 rings (SSSR count). The van der Waals surface area contributed by atoms with Crippen LogP contribution in [0.15, 0.2) is 17.1 Å². The van der Waals surface area contributed by atoms with Gasteiger partial charge in [0.05, 0.1) is 6.26 Å². The van der Waals surface area contributed by atoms with Crippen LogP contribution < -0.4 is 10.6 Å². The first-order valence-corrected chi connectivity index (χ1v) is 12.0. The van der Waals surface area contributed by atoms with Crippen molar-refractivity contribution in [2.45, 2.75) is 46.1 Å². The summed E-state index contributed by atoms with van der Waals surface area (Å²) < 4.78 is 24.8. The van der Waals surface area contributed by atoms with Gasteiger partial charge in [0.2, 0.25) is 10.0 Å². The highest BCUT2D eigenvalue weighted by Gasteiger charge is 2.24. The molecule has 8 heteroatoms. The Morgan fingerprint density at radius 3 is 2.62 bits per heavy atom. The number of rotatable bonds is 7. The Morgan fingerprint density at radius 2 is 2.08 bits per heavy atom. The Morgan fingerprint density at radius 1 is 1.38 bits per heavy atom. The van der Waals surface area contributed by atoms with Gasteiger partial charge in [0.15, 0.2) is 5.96 Å². The Hall–Kier alpha value is -1.12. The lowest BCUT2D eigenvalue weighted by atomic mass is 9.98. The summed E-state index contributed by atoms with van der Waals surface area (Å²) in [6.07, 6.45) is 4.02. The molecule has 2 N–H and O–H groups in total. The molecule has 0 spiro atoms.